The van der Waals surface area contributed by atoms with Gasteiger partial charge in [-0.25, -0.2) is 13.2 Å². The molecule has 0 atom stereocenters. The van der Waals surface area contributed by atoms with E-state index in [1.54, 1.807) is 25.1 Å². The number of sulfonamides is 1. The van der Waals surface area contributed by atoms with Crippen LogP contribution in [0.2, 0.25) is 5.02 Å². The molecule has 0 aromatic heterocycles. The SMILES string of the molecule is Cc1c(Cl)cccc1S(=O)(=O)N1CCC(NC(=O)NC23CC4CC(CC(C4)C2)C3)CC1. The summed E-state index contributed by atoms with van der Waals surface area (Å²) in [5.74, 6) is 2.36. The molecule has 2 amide bonds. The van der Waals surface area contributed by atoms with Crippen molar-refractivity contribution < 1.29 is 13.2 Å². The van der Waals surface area contributed by atoms with Crippen LogP contribution < -0.4 is 10.6 Å². The molecule has 1 aliphatic heterocycles. The van der Waals surface area contributed by atoms with E-state index in [1.165, 1.54) is 23.6 Å². The zero-order valence-electron chi connectivity index (χ0n) is 18.1. The molecule has 31 heavy (non-hydrogen) atoms. The lowest BCUT2D eigenvalue weighted by Crippen LogP contribution is -2.62. The third kappa shape index (κ3) is 4.09. The summed E-state index contributed by atoms with van der Waals surface area (Å²) in [4.78, 5) is 13.1. The highest BCUT2D eigenvalue weighted by Crippen LogP contribution is 2.55. The number of piperidine rings is 1. The number of hydrogen-bond acceptors (Lipinski definition) is 3. The van der Waals surface area contributed by atoms with Crippen LogP contribution in [0.15, 0.2) is 23.1 Å². The summed E-state index contributed by atoms with van der Waals surface area (Å²) < 4.78 is 27.7. The number of nitrogens with one attached hydrogen (secondary N) is 2. The minimum atomic E-state index is -3.58. The number of rotatable bonds is 4. The Morgan fingerprint density at radius 2 is 1.65 bits per heavy atom. The van der Waals surface area contributed by atoms with Crippen molar-refractivity contribution in [3.05, 3.63) is 28.8 Å². The van der Waals surface area contributed by atoms with Gasteiger partial charge in [-0.2, -0.15) is 4.31 Å². The Hall–Kier alpha value is -1.31. The van der Waals surface area contributed by atoms with Gasteiger partial charge in [-0.1, -0.05) is 17.7 Å². The van der Waals surface area contributed by atoms with Gasteiger partial charge in [0, 0.05) is 29.7 Å². The highest BCUT2D eigenvalue weighted by molar-refractivity contribution is 7.89. The van der Waals surface area contributed by atoms with Crippen molar-refractivity contribution in [3.63, 3.8) is 0 Å². The number of carbonyl (C=O) groups is 1. The third-order valence-corrected chi connectivity index (χ3v) is 10.5. The van der Waals surface area contributed by atoms with Crippen LogP contribution in [0.25, 0.3) is 0 Å². The molecule has 1 saturated heterocycles. The molecule has 5 aliphatic rings. The molecule has 2 N–H and O–H groups in total. The van der Waals surface area contributed by atoms with Crippen LogP contribution in [0.1, 0.15) is 56.9 Å². The number of halogens is 1. The molecular weight excluding hydrogens is 434 g/mol. The number of urea groups is 1. The molecule has 6 rings (SSSR count). The fraction of sp³-hybridized carbons (Fsp3) is 0.696. The fourth-order valence-corrected chi connectivity index (χ4v) is 8.92. The highest BCUT2D eigenvalue weighted by atomic mass is 35.5. The quantitative estimate of drug-likeness (QED) is 0.703. The standard InChI is InChI=1S/C23H32ClN3O3S/c1-15-20(24)3-2-4-21(15)31(29,30)27-7-5-19(6-8-27)25-22(28)26-23-12-16-9-17(13-23)11-18(10-16)14-23/h2-4,16-19H,5-14H2,1H3,(H2,25,26,28). The molecule has 4 saturated carbocycles. The lowest BCUT2D eigenvalue weighted by molar-refractivity contribution is -0.0137. The van der Waals surface area contributed by atoms with Crippen LogP contribution in [0.3, 0.4) is 0 Å². The van der Waals surface area contributed by atoms with Crippen molar-refractivity contribution >= 4 is 27.7 Å². The van der Waals surface area contributed by atoms with Gasteiger partial charge >= 0.3 is 6.03 Å². The minimum Gasteiger partial charge on any atom is -0.335 e. The van der Waals surface area contributed by atoms with Crippen LogP contribution in [-0.4, -0.2) is 43.4 Å². The summed E-state index contributed by atoms with van der Waals surface area (Å²) in [5.41, 5.74) is 0.576. The lowest BCUT2D eigenvalue weighted by atomic mass is 9.53. The van der Waals surface area contributed by atoms with Crippen LogP contribution in [0.5, 0.6) is 0 Å². The molecule has 1 heterocycles. The van der Waals surface area contributed by atoms with E-state index in [2.05, 4.69) is 10.6 Å². The number of amides is 2. The van der Waals surface area contributed by atoms with Crippen molar-refractivity contribution in [2.45, 2.75) is 74.8 Å². The minimum absolute atomic E-state index is 0.000760. The Morgan fingerprint density at radius 1 is 1.06 bits per heavy atom. The largest absolute Gasteiger partial charge is 0.335 e. The van der Waals surface area contributed by atoms with E-state index in [1.807, 2.05) is 0 Å². The molecule has 4 aliphatic carbocycles. The summed E-state index contributed by atoms with van der Waals surface area (Å²) in [7, 11) is -3.58. The molecule has 1 aromatic carbocycles. The molecule has 4 bridgehead atoms. The monoisotopic (exact) mass is 465 g/mol. The average molecular weight is 466 g/mol. The fourth-order valence-electron chi connectivity index (χ4n) is 6.97. The number of carbonyl (C=O) groups excluding carboxylic acids is 1. The topological polar surface area (TPSA) is 78.5 Å². The average Bonchev–Trinajstić information content (AvgIpc) is 2.68. The normalized spacial score (nSPS) is 33.4. The van der Waals surface area contributed by atoms with E-state index in [9.17, 15) is 13.2 Å². The van der Waals surface area contributed by atoms with Crippen molar-refractivity contribution in [2.75, 3.05) is 13.1 Å². The van der Waals surface area contributed by atoms with Gasteiger partial charge in [0.1, 0.15) is 0 Å². The summed E-state index contributed by atoms with van der Waals surface area (Å²) >= 11 is 6.13. The molecule has 0 unspecified atom stereocenters. The van der Waals surface area contributed by atoms with Gasteiger partial charge in [0.25, 0.3) is 0 Å². The second-order valence-electron chi connectivity index (χ2n) is 10.3. The maximum Gasteiger partial charge on any atom is 0.315 e. The Balaban J connectivity index is 1.17. The van der Waals surface area contributed by atoms with Crippen LogP contribution in [-0.2, 0) is 10.0 Å². The Kier molecular flexibility index (Phi) is 5.50. The van der Waals surface area contributed by atoms with E-state index in [0.29, 0.717) is 36.5 Å². The Bertz CT molecular complexity index is 937. The van der Waals surface area contributed by atoms with E-state index in [0.717, 1.165) is 37.0 Å². The summed E-state index contributed by atoms with van der Waals surface area (Å²) in [6.07, 6.45) is 8.66. The molecule has 8 heteroatoms. The van der Waals surface area contributed by atoms with Crippen LogP contribution >= 0.6 is 11.6 Å². The zero-order valence-corrected chi connectivity index (χ0v) is 19.6. The third-order valence-electron chi connectivity index (χ3n) is 8.04. The molecule has 0 spiro atoms. The molecule has 6 nitrogen and oxygen atoms in total. The van der Waals surface area contributed by atoms with Crippen molar-refractivity contribution in [2.24, 2.45) is 17.8 Å². The van der Waals surface area contributed by atoms with Crippen LogP contribution in [0.4, 0.5) is 4.79 Å². The molecule has 170 valence electrons. The first kappa shape index (κ1) is 21.5. The number of nitrogens with zero attached hydrogens (tertiary/aromatic N) is 1. The maximum absolute atomic E-state index is 13.1. The van der Waals surface area contributed by atoms with Gasteiger partial charge in [0.05, 0.1) is 4.90 Å². The Morgan fingerprint density at radius 3 is 2.23 bits per heavy atom. The highest BCUT2D eigenvalue weighted by Gasteiger charge is 2.51. The summed E-state index contributed by atoms with van der Waals surface area (Å²) in [6.45, 7) is 2.53. The predicted octanol–water partition coefficient (Wildman–Crippen LogP) is 4.07. The predicted molar refractivity (Wildman–Crippen MR) is 121 cm³/mol. The maximum atomic E-state index is 13.1. The van der Waals surface area contributed by atoms with Gasteiger partial charge in [0.2, 0.25) is 10.0 Å². The first-order chi connectivity index (χ1) is 14.7. The second kappa shape index (κ2) is 7.92. The van der Waals surface area contributed by atoms with E-state index >= 15 is 0 Å². The van der Waals surface area contributed by atoms with Crippen LogP contribution in [0, 0.1) is 24.7 Å². The zero-order chi connectivity index (χ0) is 21.8. The van der Waals surface area contributed by atoms with Crippen molar-refractivity contribution in [1.82, 2.24) is 14.9 Å². The van der Waals surface area contributed by atoms with Crippen molar-refractivity contribution in [3.8, 4) is 0 Å². The van der Waals surface area contributed by atoms with E-state index in [4.69, 9.17) is 11.6 Å². The van der Waals surface area contributed by atoms with Gasteiger partial charge in [-0.05, 0) is 93.7 Å². The Labute approximate surface area is 190 Å². The van der Waals surface area contributed by atoms with Gasteiger partial charge in [-0.15, -0.1) is 0 Å². The smallest absolute Gasteiger partial charge is 0.315 e. The van der Waals surface area contributed by atoms with Gasteiger partial charge < -0.3 is 10.6 Å². The van der Waals surface area contributed by atoms with Gasteiger partial charge in [-0.3, -0.25) is 0 Å². The number of benzene rings is 1. The molecule has 0 radical (unpaired) electrons. The summed E-state index contributed by atoms with van der Waals surface area (Å²) in [6, 6.07) is 4.91. The molecule has 1 aromatic rings. The second-order valence-corrected chi connectivity index (χ2v) is 12.7. The summed E-state index contributed by atoms with van der Waals surface area (Å²) in [5, 5.41) is 6.95. The molecular formula is C23H32ClN3O3S. The molecule has 5 fully saturated rings. The van der Waals surface area contributed by atoms with E-state index < -0.39 is 10.0 Å². The number of hydrogen-bond donors (Lipinski definition) is 2. The first-order valence-electron chi connectivity index (χ1n) is 11.6. The van der Waals surface area contributed by atoms with Crippen molar-refractivity contribution in [1.29, 1.82) is 0 Å². The van der Waals surface area contributed by atoms with Gasteiger partial charge in [0.15, 0.2) is 0 Å². The first-order valence-corrected chi connectivity index (χ1v) is 13.4. The lowest BCUT2D eigenvalue weighted by Gasteiger charge is -2.56. The van der Waals surface area contributed by atoms with E-state index in [-0.39, 0.29) is 22.5 Å².